The number of aromatic nitrogens is 1. The predicted octanol–water partition coefficient (Wildman–Crippen LogP) is 3.72. The molecule has 3 aromatic rings. The first-order chi connectivity index (χ1) is 13.4. The number of ketones is 1. The number of fused-ring (bicyclic) bond motifs is 1. The highest BCUT2D eigenvalue weighted by Gasteiger charge is 2.22. The van der Waals surface area contributed by atoms with Crippen LogP contribution < -0.4 is 9.64 Å². The van der Waals surface area contributed by atoms with Crippen LogP contribution >= 0.6 is 11.3 Å². The first-order valence-electron chi connectivity index (χ1n) is 8.92. The number of carbonyl (C=O) groups is 2. The van der Waals surface area contributed by atoms with Crippen LogP contribution in [0.1, 0.15) is 27.6 Å². The summed E-state index contributed by atoms with van der Waals surface area (Å²) in [5.74, 6) is 0.516. The van der Waals surface area contributed by atoms with Crippen molar-refractivity contribution in [1.29, 1.82) is 0 Å². The highest BCUT2D eigenvalue weighted by atomic mass is 32.1. The van der Waals surface area contributed by atoms with Crippen LogP contribution in [0.2, 0.25) is 0 Å². The monoisotopic (exact) mass is 397 g/mol. The summed E-state index contributed by atoms with van der Waals surface area (Å²) < 4.78 is 6.36. The molecular formula is C21H23N3O3S. The summed E-state index contributed by atoms with van der Waals surface area (Å²) in [4.78, 5) is 33.1. The number of ether oxygens (including phenoxy) is 1. The maximum Gasteiger partial charge on any atom is 0.260 e. The number of benzene rings is 2. The summed E-state index contributed by atoms with van der Waals surface area (Å²) in [6.45, 7) is 2.71. The molecule has 3 rings (SSSR count). The molecule has 0 N–H and O–H groups in total. The predicted molar refractivity (Wildman–Crippen MR) is 113 cm³/mol. The van der Waals surface area contributed by atoms with Gasteiger partial charge in [0, 0.05) is 24.2 Å². The van der Waals surface area contributed by atoms with Crippen molar-refractivity contribution in [2.45, 2.75) is 6.92 Å². The molecule has 146 valence electrons. The molecule has 1 amide bonds. The Labute approximate surface area is 168 Å². The minimum Gasteiger partial charge on any atom is -0.494 e. The molecule has 0 saturated carbocycles. The van der Waals surface area contributed by atoms with E-state index in [2.05, 4.69) is 4.98 Å². The SMILES string of the molecule is COc1cccc2sc(N(CCN(C)C)C(=O)c3ccc(C(C)=O)cc3)nc12. The minimum atomic E-state index is -0.144. The van der Waals surface area contributed by atoms with Gasteiger partial charge < -0.3 is 9.64 Å². The second-order valence-electron chi connectivity index (χ2n) is 6.70. The van der Waals surface area contributed by atoms with Crippen LogP contribution in [0.3, 0.4) is 0 Å². The molecule has 0 atom stereocenters. The number of Topliss-reactive ketones (excluding diaryl/α,β-unsaturated/α-hetero) is 1. The van der Waals surface area contributed by atoms with Crippen LogP contribution in [0, 0.1) is 0 Å². The molecule has 0 radical (unpaired) electrons. The number of hydrogen-bond donors (Lipinski definition) is 0. The number of amides is 1. The standard InChI is InChI=1S/C21H23N3O3S/c1-14(25)15-8-10-16(11-9-15)20(26)24(13-12-23(2)3)21-22-19-17(27-4)6-5-7-18(19)28-21/h5-11H,12-13H2,1-4H3. The molecule has 1 heterocycles. The summed E-state index contributed by atoms with van der Waals surface area (Å²) in [6.07, 6.45) is 0. The fourth-order valence-corrected chi connectivity index (χ4v) is 3.79. The first-order valence-corrected chi connectivity index (χ1v) is 9.73. The number of likely N-dealkylation sites (N-methyl/N-ethyl adjacent to an activating group) is 1. The zero-order valence-corrected chi connectivity index (χ0v) is 17.2. The second kappa shape index (κ2) is 8.50. The quantitative estimate of drug-likeness (QED) is 0.569. The van der Waals surface area contributed by atoms with Gasteiger partial charge in [-0.05, 0) is 45.3 Å². The molecule has 0 aliphatic carbocycles. The second-order valence-corrected chi connectivity index (χ2v) is 7.71. The highest BCUT2D eigenvalue weighted by Crippen LogP contribution is 2.34. The van der Waals surface area contributed by atoms with Crippen molar-refractivity contribution in [2.75, 3.05) is 39.2 Å². The van der Waals surface area contributed by atoms with E-state index in [0.29, 0.717) is 35.1 Å². The molecule has 6 nitrogen and oxygen atoms in total. The lowest BCUT2D eigenvalue weighted by molar-refractivity contribution is 0.0981. The van der Waals surface area contributed by atoms with Gasteiger partial charge in [0.05, 0.1) is 11.8 Å². The van der Waals surface area contributed by atoms with Gasteiger partial charge in [-0.25, -0.2) is 4.98 Å². The number of nitrogens with zero attached hydrogens (tertiary/aromatic N) is 3. The molecule has 28 heavy (non-hydrogen) atoms. The topological polar surface area (TPSA) is 62.7 Å². The first kappa shape index (κ1) is 20.0. The number of thiazole rings is 1. The van der Waals surface area contributed by atoms with E-state index in [4.69, 9.17) is 4.74 Å². The van der Waals surface area contributed by atoms with Crippen LogP contribution in [0.4, 0.5) is 5.13 Å². The van der Waals surface area contributed by atoms with Crippen molar-refractivity contribution < 1.29 is 14.3 Å². The fraction of sp³-hybridized carbons (Fsp3) is 0.286. The van der Waals surface area contributed by atoms with Crippen LogP contribution in [0.25, 0.3) is 10.2 Å². The average Bonchev–Trinajstić information content (AvgIpc) is 3.11. The zero-order chi connectivity index (χ0) is 20.3. The number of hydrogen-bond acceptors (Lipinski definition) is 6. The molecule has 0 bridgehead atoms. The molecule has 0 unspecified atom stereocenters. The van der Waals surface area contributed by atoms with E-state index in [0.717, 1.165) is 10.2 Å². The van der Waals surface area contributed by atoms with Crippen LogP contribution in [-0.4, -0.2) is 55.9 Å². The number of anilines is 1. The molecule has 0 fully saturated rings. The van der Waals surface area contributed by atoms with Gasteiger partial charge in [0.2, 0.25) is 0 Å². The van der Waals surface area contributed by atoms with Gasteiger partial charge in [0.1, 0.15) is 11.3 Å². The van der Waals surface area contributed by atoms with E-state index in [9.17, 15) is 9.59 Å². The molecule has 0 saturated heterocycles. The molecule has 0 aliphatic heterocycles. The van der Waals surface area contributed by atoms with Crippen molar-refractivity contribution in [1.82, 2.24) is 9.88 Å². The summed E-state index contributed by atoms with van der Waals surface area (Å²) in [6, 6.07) is 12.5. The van der Waals surface area contributed by atoms with Crippen LogP contribution in [0.5, 0.6) is 5.75 Å². The van der Waals surface area contributed by atoms with Crippen molar-refractivity contribution in [3.8, 4) is 5.75 Å². The lowest BCUT2D eigenvalue weighted by Crippen LogP contribution is -2.36. The summed E-state index contributed by atoms with van der Waals surface area (Å²) >= 11 is 1.46. The average molecular weight is 398 g/mol. The Balaban J connectivity index is 1.98. The number of carbonyl (C=O) groups excluding carboxylic acids is 2. The van der Waals surface area contributed by atoms with Gasteiger partial charge in [0.15, 0.2) is 10.9 Å². The molecule has 2 aromatic carbocycles. The zero-order valence-electron chi connectivity index (χ0n) is 16.4. The third-order valence-corrected chi connectivity index (χ3v) is 5.42. The Morgan fingerprint density at radius 1 is 1.04 bits per heavy atom. The van der Waals surface area contributed by atoms with Gasteiger partial charge in [-0.15, -0.1) is 0 Å². The number of rotatable bonds is 7. The Bertz CT molecular complexity index is 996. The summed E-state index contributed by atoms with van der Waals surface area (Å²) in [7, 11) is 5.54. The van der Waals surface area contributed by atoms with E-state index in [1.165, 1.54) is 18.3 Å². The van der Waals surface area contributed by atoms with Crippen LogP contribution in [0.15, 0.2) is 42.5 Å². The number of para-hydroxylation sites is 1. The van der Waals surface area contributed by atoms with Crippen molar-refractivity contribution in [3.05, 3.63) is 53.6 Å². The lowest BCUT2D eigenvalue weighted by Gasteiger charge is -2.22. The lowest BCUT2D eigenvalue weighted by atomic mass is 10.1. The molecule has 0 aliphatic rings. The third-order valence-electron chi connectivity index (χ3n) is 4.38. The molecule has 7 heteroatoms. The van der Waals surface area contributed by atoms with E-state index in [1.807, 2.05) is 37.2 Å². The molecular weight excluding hydrogens is 374 g/mol. The smallest absolute Gasteiger partial charge is 0.260 e. The minimum absolute atomic E-state index is 0.0262. The maximum atomic E-state index is 13.2. The van der Waals surface area contributed by atoms with Gasteiger partial charge in [-0.1, -0.05) is 29.5 Å². The Kier molecular flexibility index (Phi) is 6.06. The third kappa shape index (κ3) is 4.21. The fourth-order valence-electron chi connectivity index (χ4n) is 2.78. The van der Waals surface area contributed by atoms with Crippen LogP contribution in [-0.2, 0) is 0 Å². The van der Waals surface area contributed by atoms with E-state index in [-0.39, 0.29) is 11.7 Å². The van der Waals surface area contributed by atoms with Gasteiger partial charge in [-0.3, -0.25) is 14.5 Å². The normalized spacial score (nSPS) is 11.0. The summed E-state index contributed by atoms with van der Waals surface area (Å²) in [5, 5.41) is 0.627. The van der Waals surface area contributed by atoms with Gasteiger partial charge >= 0.3 is 0 Å². The van der Waals surface area contributed by atoms with Crippen molar-refractivity contribution in [3.63, 3.8) is 0 Å². The van der Waals surface area contributed by atoms with E-state index >= 15 is 0 Å². The highest BCUT2D eigenvalue weighted by molar-refractivity contribution is 7.22. The Hall–Kier alpha value is -2.77. The van der Waals surface area contributed by atoms with E-state index < -0.39 is 0 Å². The molecule has 1 aromatic heterocycles. The Morgan fingerprint density at radius 2 is 1.71 bits per heavy atom. The Morgan fingerprint density at radius 3 is 2.32 bits per heavy atom. The van der Waals surface area contributed by atoms with E-state index in [1.54, 1.807) is 36.3 Å². The van der Waals surface area contributed by atoms with Gasteiger partial charge in [0.25, 0.3) is 5.91 Å². The maximum absolute atomic E-state index is 13.2. The summed E-state index contributed by atoms with van der Waals surface area (Å²) in [5.41, 5.74) is 1.86. The largest absolute Gasteiger partial charge is 0.494 e. The van der Waals surface area contributed by atoms with Gasteiger partial charge in [-0.2, -0.15) is 0 Å². The molecule has 0 spiro atoms. The van der Waals surface area contributed by atoms with Crippen molar-refractivity contribution >= 4 is 38.4 Å². The van der Waals surface area contributed by atoms with Crippen molar-refractivity contribution in [2.24, 2.45) is 0 Å². The number of methoxy groups -OCH3 is 1.